The lowest BCUT2D eigenvalue weighted by Crippen LogP contribution is -2.35. The molecular weight excluding hydrogens is 268 g/mol. The fraction of sp³-hybridized carbons (Fsp3) is 0.688. The van der Waals surface area contributed by atoms with Gasteiger partial charge in [0.25, 0.3) is 0 Å². The van der Waals surface area contributed by atoms with Gasteiger partial charge in [0.1, 0.15) is 0 Å². The van der Waals surface area contributed by atoms with Gasteiger partial charge >= 0.3 is 0 Å². The van der Waals surface area contributed by atoms with E-state index in [1.807, 2.05) is 6.20 Å². The third-order valence-electron chi connectivity index (χ3n) is 4.78. The number of aromatic nitrogens is 2. The minimum absolute atomic E-state index is 0.159. The van der Waals surface area contributed by atoms with Crippen LogP contribution in [0.2, 0.25) is 0 Å². The molecule has 2 heterocycles. The Hall–Kier alpha value is -0.870. The molecule has 0 aromatic carbocycles. The number of rotatable bonds is 2. The molecule has 0 aliphatic heterocycles. The molecule has 0 amide bonds. The van der Waals surface area contributed by atoms with Crippen LogP contribution in [0.1, 0.15) is 45.7 Å². The van der Waals surface area contributed by atoms with Gasteiger partial charge in [-0.25, -0.2) is 4.98 Å². The van der Waals surface area contributed by atoms with Gasteiger partial charge in [0, 0.05) is 17.8 Å². The van der Waals surface area contributed by atoms with Crippen molar-refractivity contribution in [2.45, 2.75) is 52.6 Å². The van der Waals surface area contributed by atoms with Crippen molar-refractivity contribution < 1.29 is 5.11 Å². The van der Waals surface area contributed by atoms with E-state index in [9.17, 15) is 5.11 Å². The maximum absolute atomic E-state index is 10.3. The van der Waals surface area contributed by atoms with E-state index >= 15 is 0 Å². The van der Waals surface area contributed by atoms with Crippen LogP contribution >= 0.6 is 11.3 Å². The van der Waals surface area contributed by atoms with E-state index in [1.54, 1.807) is 11.3 Å². The molecule has 4 heteroatoms. The lowest BCUT2D eigenvalue weighted by atomic mass is 9.67. The van der Waals surface area contributed by atoms with Crippen molar-refractivity contribution in [1.29, 1.82) is 0 Å². The second kappa shape index (κ2) is 5.15. The Kier molecular flexibility index (Phi) is 3.63. The fourth-order valence-corrected chi connectivity index (χ4v) is 4.12. The summed E-state index contributed by atoms with van der Waals surface area (Å²) in [5.74, 6) is 1.07. The molecular formula is C16H24N2OS. The van der Waals surface area contributed by atoms with Gasteiger partial charge in [-0.1, -0.05) is 20.8 Å². The number of nitrogens with zero attached hydrogens (tertiary/aromatic N) is 2. The molecule has 1 saturated carbocycles. The SMILES string of the molecule is CC(C)(C)C1CCC(O)C(Cc2cn3ccsc3n2)C1. The number of imidazole rings is 1. The first kappa shape index (κ1) is 14.1. The molecule has 1 fully saturated rings. The minimum Gasteiger partial charge on any atom is -0.393 e. The van der Waals surface area contributed by atoms with Gasteiger partial charge in [-0.3, -0.25) is 4.40 Å². The number of hydrogen-bond donors (Lipinski definition) is 1. The average molecular weight is 292 g/mol. The van der Waals surface area contributed by atoms with Crippen LogP contribution in [0.4, 0.5) is 0 Å². The van der Waals surface area contributed by atoms with Crippen molar-refractivity contribution in [3.05, 3.63) is 23.5 Å². The zero-order chi connectivity index (χ0) is 14.3. The lowest BCUT2D eigenvalue weighted by molar-refractivity contribution is 0.0193. The first-order valence-electron chi connectivity index (χ1n) is 7.52. The molecule has 3 nitrogen and oxygen atoms in total. The topological polar surface area (TPSA) is 37.5 Å². The van der Waals surface area contributed by atoms with Gasteiger partial charge < -0.3 is 5.11 Å². The summed E-state index contributed by atoms with van der Waals surface area (Å²) in [6.45, 7) is 6.96. The summed E-state index contributed by atoms with van der Waals surface area (Å²) < 4.78 is 2.08. The Labute approximate surface area is 124 Å². The molecule has 3 unspecified atom stereocenters. The smallest absolute Gasteiger partial charge is 0.193 e. The summed E-state index contributed by atoms with van der Waals surface area (Å²) in [6, 6.07) is 0. The highest BCUT2D eigenvalue weighted by Gasteiger charge is 2.35. The van der Waals surface area contributed by atoms with Crippen LogP contribution in [0.5, 0.6) is 0 Å². The van der Waals surface area contributed by atoms with Crippen LogP contribution < -0.4 is 0 Å². The van der Waals surface area contributed by atoms with Gasteiger partial charge in [0.15, 0.2) is 4.96 Å². The number of aliphatic hydroxyl groups is 1. The van der Waals surface area contributed by atoms with Gasteiger partial charge in [-0.05, 0) is 42.9 Å². The third kappa shape index (κ3) is 2.77. The number of aliphatic hydroxyl groups excluding tert-OH is 1. The molecule has 2 aromatic rings. The van der Waals surface area contributed by atoms with E-state index < -0.39 is 0 Å². The van der Waals surface area contributed by atoms with Crippen LogP contribution in [0.3, 0.4) is 0 Å². The Morgan fingerprint density at radius 1 is 1.40 bits per heavy atom. The van der Waals surface area contributed by atoms with Crippen molar-refractivity contribution >= 4 is 16.3 Å². The van der Waals surface area contributed by atoms with Crippen LogP contribution in [-0.4, -0.2) is 20.6 Å². The van der Waals surface area contributed by atoms with Crippen LogP contribution in [0, 0.1) is 17.3 Å². The zero-order valence-corrected chi connectivity index (χ0v) is 13.4. The van der Waals surface area contributed by atoms with Crippen LogP contribution in [-0.2, 0) is 6.42 Å². The highest BCUT2D eigenvalue weighted by molar-refractivity contribution is 7.15. The van der Waals surface area contributed by atoms with E-state index in [0.717, 1.165) is 36.3 Å². The minimum atomic E-state index is -0.159. The van der Waals surface area contributed by atoms with E-state index in [2.05, 4.69) is 41.7 Å². The third-order valence-corrected chi connectivity index (χ3v) is 5.55. The van der Waals surface area contributed by atoms with Gasteiger partial charge in [-0.2, -0.15) is 0 Å². The second-order valence-corrected chi connectivity index (χ2v) is 8.11. The van der Waals surface area contributed by atoms with E-state index in [4.69, 9.17) is 0 Å². The molecule has 20 heavy (non-hydrogen) atoms. The Bertz CT molecular complexity index is 552. The van der Waals surface area contributed by atoms with Gasteiger partial charge in [0.2, 0.25) is 0 Å². The van der Waals surface area contributed by atoms with Crippen molar-refractivity contribution in [2.75, 3.05) is 0 Å². The number of fused-ring (bicyclic) bond motifs is 1. The zero-order valence-electron chi connectivity index (χ0n) is 12.5. The van der Waals surface area contributed by atoms with E-state index in [1.165, 1.54) is 0 Å². The van der Waals surface area contributed by atoms with E-state index in [-0.39, 0.29) is 6.10 Å². The van der Waals surface area contributed by atoms with E-state index in [0.29, 0.717) is 17.3 Å². The van der Waals surface area contributed by atoms with Crippen LogP contribution in [0.15, 0.2) is 17.8 Å². The highest BCUT2D eigenvalue weighted by Crippen LogP contribution is 2.41. The van der Waals surface area contributed by atoms with Gasteiger partial charge in [-0.15, -0.1) is 11.3 Å². The predicted octanol–water partition coefficient (Wildman–Crippen LogP) is 3.76. The maximum atomic E-state index is 10.3. The summed E-state index contributed by atoms with van der Waals surface area (Å²) in [4.78, 5) is 5.71. The van der Waals surface area contributed by atoms with Crippen molar-refractivity contribution in [1.82, 2.24) is 9.38 Å². The highest BCUT2D eigenvalue weighted by atomic mass is 32.1. The number of thiazole rings is 1. The molecule has 0 radical (unpaired) electrons. The van der Waals surface area contributed by atoms with Crippen molar-refractivity contribution in [2.24, 2.45) is 17.3 Å². The lowest BCUT2D eigenvalue weighted by Gasteiger charge is -2.40. The Balaban J connectivity index is 1.73. The first-order valence-corrected chi connectivity index (χ1v) is 8.40. The summed E-state index contributed by atoms with van der Waals surface area (Å²) >= 11 is 1.67. The maximum Gasteiger partial charge on any atom is 0.193 e. The molecule has 1 N–H and O–H groups in total. The Morgan fingerprint density at radius 2 is 2.20 bits per heavy atom. The first-order chi connectivity index (χ1) is 9.43. The molecule has 2 aromatic heterocycles. The second-order valence-electron chi connectivity index (χ2n) is 7.23. The molecule has 3 atom stereocenters. The molecule has 3 rings (SSSR count). The van der Waals surface area contributed by atoms with Crippen molar-refractivity contribution in [3.63, 3.8) is 0 Å². The molecule has 1 aliphatic carbocycles. The predicted molar refractivity (Wildman–Crippen MR) is 83.1 cm³/mol. The summed E-state index contributed by atoms with van der Waals surface area (Å²) in [5.41, 5.74) is 1.46. The molecule has 0 saturated heterocycles. The van der Waals surface area contributed by atoms with Gasteiger partial charge in [0.05, 0.1) is 11.8 Å². The standard InChI is InChI=1S/C16H24N2OS/c1-16(2,3)12-4-5-14(19)11(8-12)9-13-10-18-6-7-20-15(18)17-13/h6-7,10-12,14,19H,4-5,8-9H2,1-3H3. The number of hydrogen-bond acceptors (Lipinski definition) is 3. The quantitative estimate of drug-likeness (QED) is 0.915. The average Bonchev–Trinajstić information content (AvgIpc) is 2.91. The Morgan fingerprint density at radius 3 is 2.90 bits per heavy atom. The normalized spacial score (nSPS) is 28.1. The van der Waals surface area contributed by atoms with Crippen LogP contribution in [0.25, 0.3) is 4.96 Å². The largest absolute Gasteiger partial charge is 0.393 e. The monoisotopic (exact) mass is 292 g/mol. The summed E-state index contributed by atoms with van der Waals surface area (Å²) in [5, 5.41) is 12.4. The van der Waals surface area contributed by atoms with Crippen molar-refractivity contribution in [3.8, 4) is 0 Å². The molecule has 0 spiro atoms. The fourth-order valence-electron chi connectivity index (χ4n) is 3.40. The molecule has 110 valence electrons. The molecule has 1 aliphatic rings. The summed E-state index contributed by atoms with van der Waals surface area (Å²) in [7, 11) is 0. The summed E-state index contributed by atoms with van der Waals surface area (Å²) in [6.07, 6.45) is 8.12. The molecule has 0 bridgehead atoms.